The molecule has 1 atom stereocenters. The second kappa shape index (κ2) is 6.96. The molecule has 8 heteroatoms. The summed E-state index contributed by atoms with van der Waals surface area (Å²) in [5.41, 5.74) is 2.32. The van der Waals surface area contributed by atoms with Gasteiger partial charge in [0.2, 0.25) is 0 Å². The SMILES string of the molecule is Cc1cccc(S(=O)(=O)N2CN(C[C@@H]3CCCO3)c3nc4ccccc4nc32)c1. The summed E-state index contributed by atoms with van der Waals surface area (Å²) < 4.78 is 34.1. The molecule has 2 aromatic carbocycles. The molecule has 0 amide bonds. The molecular weight excluding hydrogens is 388 g/mol. The average Bonchev–Trinajstić information content (AvgIpc) is 3.35. The standard InChI is InChI=1S/C21H22N4O3S/c1-15-6-4-8-17(12-15)29(26,27)25-14-24(13-16-7-5-11-28-16)20-21(25)23-19-10-3-2-9-18(19)22-20/h2-4,6,8-10,12,16H,5,7,11,13-14H2,1H3/t16-/m0/s1. The van der Waals surface area contributed by atoms with Crippen LogP contribution in [0.25, 0.3) is 11.0 Å². The quantitative estimate of drug-likeness (QED) is 0.658. The highest BCUT2D eigenvalue weighted by Gasteiger charge is 2.39. The molecule has 0 radical (unpaired) electrons. The first-order valence-corrected chi connectivity index (χ1v) is 11.2. The number of hydrogen-bond donors (Lipinski definition) is 0. The molecule has 0 aliphatic carbocycles. The predicted octanol–water partition coefficient (Wildman–Crippen LogP) is 3.09. The highest BCUT2D eigenvalue weighted by molar-refractivity contribution is 7.92. The Morgan fingerprint density at radius 1 is 1.07 bits per heavy atom. The Bertz CT molecular complexity index is 1180. The maximum atomic E-state index is 13.5. The van der Waals surface area contributed by atoms with Crippen LogP contribution in [0, 0.1) is 6.92 Å². The van der Waals surface area contributed by atoms with Crippen LogP contribution >= 0.6 is 0 Å². The normalized spacial score (nSPS) is 19.1. The molecule has 0 saturated carbocycles. The molecule has 1 aromatic heterocycles. The van der Waals surface area contributed by atoms with Gasteiger partial charge in [-0.05, 0) is 49.6 Å². The summed E-state index contributed by atoms with van der Waals surface area (Å²) in [7, 11) is -3.76. The molecular formula is C21H22N4O3S. The Morgan fingerprint density at radius 3 is 2.52 bits per heavy atom. The number of sulfonamides is 1. The summed E-state index contributed by atoms with van der Waals surface area (Å²) in [6.45, 7) is 3.41. The Balaban J connectivity index is 1.61. The summed E-state index contributed by atoms with van der Waals surface area (Å²) in [5, 5.41) is 0. The van der Waals surface area contributed by atoms with Gasteiger partial charge in [-0.3, -0.25) is 0 Å². The van der Waals surface area contributed by atoms with Crippen molar-refractivity contribution in [3.05, 3.63) is 54.1 Å². The molecule has 29 heavy (non-hydrogen) atoms. The smallest absolute Gasteiger partial charge is 0.267 e. The first-order valence-electron chi connectivity index (χ1n) is 9.75. The Morgan fingerprint density at radius 2 is 1.83 bits per heavy atom. The number of aromatic nitrogens is 2. The van der Waals surface area contributed by atoms with Gasteiger partial charge in [0.05, 0.1) is 22.0 Å². The van der Waals surface area contributed by atoms with Gasteiger partial charge >= 0.3 is 0 Å². The fraction of sp³-hybridized carbons (Fsp3) is 0.333. The van der Waals surface area contributed by atoms with Crippen molar-refractivity contribution >= 4 is 32.7 Å². The van der Waals surface area contributed by atoms with Crippen LogP contribution in [-0.4, -0.2) is 44.3 Å². The van der Waals surface area contributed by atoms with Gasteiger partial charge in [-0.1, -0.05) is 24.3 Å². The van der Waals surface area contributed by atoms with Gasteiger partial charge in [-0.15, -0.1) is 0 Å². The van der Waals surface area contributed by atoms with E-state index in [0.717, 1.165) is 30.5 Å². The van der Waals surface area contributed by atoms with E-state index in [1.54, 1.807) is 18.2 Å². The van der Waals surface area contributed by atoms with Crippen molar-refractivity contribution in [1.82, 2.24) is 9.97 Å². The zero-order valence-corrected chi connectivity index (χ0v) is 17.0. The second-order valence-corrected chi connectivity index (χ2v) is 9.39. The van der Waals surface area contributed by atoms with Gasteiger partial charge in [-0.2, -0.15) is 0 Å². The average molecular weight is 410 g/mol. The fourth-order valence-electron chi connectivity index (χ4n) is 3.92. The third kappa shape index (κ3) is 3.22. The summed E-state index contributed by atoms with van der Waals surface area (Å²) >= 11 is 0. The van der Waals surface area contributed by atoms with Crippen LogP contribution in [0.15, 0.2) is 53.4 Å². The number of anilines is 2. The molecule has 3 aromatic rings. The van der Waals surface area contributed by atoms with Gasteiger partial charge in [-0.25, -0.2) is 22.7 Å². The number of aryl methyl sites for hydroxylation is 1. The van der Waals surface area contributed by atoms with Crippen LogP contribution in [0.3, 0.4) is 0 Å². The molecule has 0 unspecified atom stereocenters. The lowest BCUT2D eigenvalue weighted by Gasteiger charge is -2.23. The van der Waals surface area contributed by atoms with E-state index in [-0.39, 0.29) is 17.7 Å². The van der Waals surface area contributed by atoms with Crippen LogP contribution in [-0.2, 0) is 14.8 Å². The second-order valence-electron chi connectivity index (χ2n) is 7.53. The minimum absolute atomic E-state index is 0.0812. The van der Waals surface area contributed by atoms with Crippen molar-refractivity contribution in [2.24, 2.45) is 0 Å². The van der Waals surface area contributed by atoms with Crippen LogP contribution in [0.4, 0.5) is 11.6 Å². The predicted molar refractivity (Wildman–Crippen MR) is 112 cm³/mol. The van der Waals surface area contributed by atoms with Crippen molar-refractivity contribution in [1.29, 1.82) is 0 Å². The molecule has 5 rings (SSSR count). The Labute approximate surface area is 170 Å². The van der Waals surface area contributed by atoms with Gasteiger partial charge in [0.15, 0.2) is 11.6 Å². The minimum Gasteiger partial charge on any atom is -0.376 e. The largest absolute Gasteiger partial charge is 0.376 e. The third-order valence-corrected chi connectivity index (χ3v) is 7.11. The minimum atomic E-state index is -3.76. The zero-order chi connectivity index (χ0) is 20.0. The Hall–Kier alpha value is -2.71. The lowest BCUT2D eigenvalue weighted by atomic mass is 10.2. The maximum Gasteiger partial charge on any atom is 0.267 e. The van der Waals surface area contributed by atoms with E-state index in [2.05, 4.69) is 4.98 Å². The Kier molecular flexibility index (Phi) is 4.40. The van der Waals surface area contributed by atoms with Crippen molar-refractivity contribution < 1.29 is 13.2 Å². The molecule has 1 fully saturated rings. The van der Waals surface area contributed by atoms with Gasteiger partial charge in [0.25, 0.3) is 10.0 Å². The summed E-state index contributed by atoms with van der Waals surface area (Å²) in [6.07, 6.45) is 2.08. The molecule has 0 N–H and O–H groups in total. The van der Waals surface area contributed by atoms with Crippen LogP contribution < -0.4 is 9.21 Å². The van der Waals surface area contributed by atoms with E-state index < -0.39 is 10.0 Å². The number of nitrogens with zero attached hydrogens (tertiary/aromatic N) is 4. The molecule has 7 nitrogen and oxygen atoms in total. The summed E-state index contributed by atoms with van der Waals surface area (Å²) in [6, 6.07) is 14.5. The summed E-state index contributed by atoms with van der Waals surface area (Å²) in [5.74, 6) is 0.971. The van der Waals surface area contributed by atoms with E-state index >= 15 is 0 Å². The van der Waals surface area contributed by atoms with E-state index in [1.165, 1.54) is 4.31 Å². The summed E-state index contributed by atoms with van der Waals surface area (Å²) in [4.78, 5) is 11.7. The number of ether oxygens (including phenoxy) is 1. The highest BCUT2D eigenvalue weighted by atomic mass is 32.2. The molecule has 0 spiro atoms. The van der Waals surface area contributed by atoms with Crippen LogP contribution in [0.5, 0.6) is 0 Å². The van der Waals surface area contributed by atoms with Crippen LogP contribution in [0.1, 0.15) is 18.4 Å². The number of hydrogen-bond acceptors (Lipinski definition) is 6. The lowest BCUT2D eigenvalue weighted by molar-refractivity contribution is 0.116. The third-order valence-electron chi connectivity index (χ3n) is 5.39. The number of para-hydroxylation sites is 2. The fourth-order valence-corrected chi connectivity index (χ4v) is 5.40. The first kappa shape index (κ1) is 18.3. The maximum absolute atomic E-state index is 13.5. The van der Waals surface area contributed by atoms with E-state index in [4.69, 9.17) is 9.72 Å². The molecule has 2 aliphatic rings. The van der Waals surface area contributed by atoms with Crippen molar-refractivity contribution in [3.63, 3.8) is 0 Å². The zero-order valence-electron chi connectivity index (χ0n) is 16.2. The molecule has 0 bridgehead atoms. The van der Waals surface area contributed by atoms with Gasteiger partial charge in [0.1, 0.15) is 6.67 Å². The van der Waals surface area contributed by atoms with E-state index in [0.29, 0.717) is 23.7 Å². The van der Waals surface area contributed by atoms with Crippen LogP contribution in [0.2, 0.25) is 0 Å². The lowest BCUT2D eigenvalue weighted by Crippen LogP contribution is -2.39. The molecule has 150 valence electrons. The number of benzene rings is 2. The molecule has 2 aliphatic heterocycles. The molecule has 1 saturated heterocycles. The number of fused-ring (bicyclic) bond motifs is 2. The van der Waals surface area contributed by atoms with E-state index in [1.807, 2.05) is 42.2 Å². The van der Waals surface area contributed by atoms with Crippen molar-refractivity contribution in [3.8, 4) is 0 Å². The molecule has 3 heterocycles. The van der Waals surface area contributed by atoms with E-state index in [9.17, 15) is 8.42 Å². The highest BCUT2D eigenvalue weighted by Crippen LogP contribution is 2.38. The van der Waals surface area contributed by atoms with Crippen molar-refractivity contribution in [2.75, 3.05) is 29.0 Å². The van der Waals surface area contributed by atoms with Crippen molar-refractivity contribution in [2.45, 2.75) is 30.8 Å². The van der Waals surface area contributed by atoms with Gasteiger partial charge in [0, 0.05) is 13.2 Å². The first-order chi connectivity index (χ1) is 14.0. The topological polar surface area (TPSA) is 75.6 Å². The monoisotopic (exact) mass is 410 g/mol. The number of rotatable bonds is 4. The van der Waals surface area contributed by atoms with Gasteiger partial charge < -0.3 is 9.64 Å².